The monoisotopic (exact) mass is 427 g/mol. The van der Waals surface area contributed by atoms with Crippen molar-refractivity contribution in [3.05, 3.63) is 59.4 Å². The van der Waals surface area contributed by atoms with Crippen LogP contribution in [0.4, 0.5) is 0 Å². The Kier molecular flexibility index (Phi) is 6.92. The van der Waals surface area contributed by atoms with Gasteiger partial charge in [-0.05, 0) is 24.5 Å². The van der Waals surface area contributed by atoms with E-state index in [1.807, 2.05) is 43.3 Å². The minimum Gasteiger partial charge on any atom is -0.355 e. The van der Waals surface area contributed by atoms with Gasteiger partial charge in [0.15, 0.2) is 5.16 Å². The van der Waals surface area contributed by atoms with Crippen LogP contribution >= 0.6 is 23.1 Å². The second-order valence-corrected chi connectivity index (χ2v) is 9.53. The van der Waals surface area contributed by atoms with E-state index in [9.17, 15) is 9.59 Å². The van der Waals surface area contributed by atoms with Crippen molar-refractivity contribution in [2.45, 2.75) is 37.7 Å². The van der Waals surface area contributed by atoms with Gasteiger partial charge in [-0.2, -0.15) is 0 Å². The van der Waals surface area contributed by atoms with Crippen molar-refractivity contribution in [2.24, 2.45) is 5.92 Å². The predicted octanol–water partition coefficient (Wildman–Crippen LogP) is 4.56. The molecule has 1 aromatic carbocycles. The Morgan fingerprint density at radius 3 is 2.69 bits per heavy atom. The predicted molar refractivity (Wildman–Crippen MR) is 123 cm³/mol. The summed E-state index contributed by atoms with van der Waals surface area (Å²) in [6.07, 6.45) is 1.67. The topological polar surface area (TPSA) is 64.0 Å². The average Bonchev–Trinajstić information content (AvgIpc) is 3.14. The molecule has 0 saturated heterocycles. The van der Waals surface area contributed by atoms with Gasteiger partial charge in [0.1, 0.15) is 4.83 Å². The fourth-order valence-electron chi connectivity index (χ4n) is 2.78. The van der Waals surface area contributed by atoms with Gasteiger partial charge in [-0.1, -0.05) is 62.0 Å². The lowest BCUT2D eigenvalue weighted by Crippen LogP contribution is -2.34. The highest BCUT2D eigenvalue weighted by Gasteiger charge is 2.20. The third-order valence-corrected chi connectivity index (χ3v) is 6.49. The molecule has 152 valence electrons. The number of carbonyl (C=O) groups excluding carboxylic acids is 1. The number of fused-ring (bicyclic) bond motifs is 1. The Morgan fingerprint density at radius 1 is 1.31 bits per heavy atom. The molecule has 0 saturated carbocycles. The van der Waals surface area contributed by atoms with Gasteiger partial charge in [0.25, 0.3) is 5.56 Å². The van der Waals surface area contributed by atoms with Gasteiger partial charge in [-0.25, -0.2) is 4.98 Å². The third kappa shape index (κ3) is 4.97. The van der Waals surface area contributed by atoms with Gasteiger partial charge in [0, 0.05) is 18.0 Å². The van der Waals surface area contributed by atoms with Crippen molar-refractivity contribution in [3.63, 3.8) is 0 Å². The molecule has 0 aliphatic heterocycles. The van der Waals surface area contributed by atoms with E-state index in [-0.39, 0.29) is 16.7 Å². The number of amides is 1. The molecule has 0 spiro atoms. The number of nitrogens with one attached hydrogen (secondary N) is 1. The minimum atomic E-state index is -0.359. The SMILES string of the molecule is C=CCn1c(SC(C)C(=O)NCC(C)C)nc2sc(-c3ccccc3)cc2c1=O. The highest BCUT2D eigenvalue weighted by Crippen LogP contribution is 2.32. The molecule has 29 heavy (non-hydrogen) atoms. The summed E-state index contributed by atoms with van der Waals surface area (Å²) < 4.78 is 1.59. The maximum absolute atomic E-state index is 13.1. The first kappa shape index (κ1) is 21.3. The number of rotatable bonds is 8. The third-order valence-electron chi connectivity index (χ3n) is 4.32. The highest BCUT2D eigenvalue weighted by atomic mass is 32.2. The smallest absolute Gasteiger partial charge is 0.263 e. The standard InChI is InChI=1S/C22H25N3O2S2/c1-5-11-25-21(27)17-12-18(16-9-7-6-8-10-16)29-20(17)24-22(25)28-15(4)19(26)23-13-14(2)3/h5-10,12,14-15H,1,11,13H2,2-4H3,(H,23,26). The maximum atomic E-state index is 13.1. The van der Waals surface area contributed by atoms with Gasteiger partial charge in [0.2, 0.25) is 5.91 Å². The van der Waals surface area contributed by atoms with Crippen molar-refractivity contribution in [1.82, 2.24) is 14.9 Å². The van der Waals surface area contributed by atoms with Gasteiger partial charge in [-0.3, -0.25) is 14.2 Å². The van der Waals surface area contributed by atoms with Crippen LogP contribution in [0.25, 0.3) is 20.7 Å². The first-order valence-electron chi connectivity index (χ1n) is 9.55. The summed E-state index contributed by atoms with van der Waals surface area (Å²) in [6.45, 7) is 10.7. The summed E-state index contributed by atoms with van der Waals surface area (Å²) in [5, 5.41) is 3.71. The molecular weight excluding hydrogens is 402 g/mol. The molecule has 0 radical (unpaired) electrons. The lowest BCUT2D eigenvalue weighted by molar-refractivity contribution is -0.120. The van der Waals surface area contributed by atoms with Crippen LogP contribution < -0.4 is 10.9 Å². The number of thioether (sulfide) groups is 1. The molecule has 3 aromatic rings. The van der Waals surface area contributed by atoms with Crippen LogP contribution in [0.2, 0.25) is 0 Å². The van der Waals surface area contributed by atoms with E-state index >= 15 is 0 Å². The molecule has 0 aliphatic rings. The number of carbonyl (C=O) groups is 1. The Bertz CT molecular complexity index is 1070. The zero-order valence-corrected chi connectivity index (χ0v) is 18.5. The van der Waals surface area contributed by atoms with Gasteiger partial charge in [0.05, 0.1) is 10.6 Å². The van der Waals surface area contributed by atoms with Gasteiger partial charge >= 0.3 is 0 Å². The number of thiophene rings is 1. The largest absolute Gasteiger partial charge is 0.355 e. The van der Waals surface area contributed by atoms with E-state index in [0.29, 0.717) is 34.4 Å². The van der Waals surface area contributed by atoms with E-state index in [1.54, 1.807) is 10.6 Å². The van der Waals surface area contributed by atoms with Gasteiger partial charge in [-0.15, -0.1) is 17.9 Å². The van der Waals surface area contributed by atoms with E-state index in [1.165, 1.54) is 23.1 Å². The van der Waals surface area contributed by atoms with Crippen LogP contribution in [-0.2, 0) is 11.3 Å². The number of hydrogen-bond acceptors (Lipinski definition) is 5. The Hall–Kier alpha value is -2.38. The Balaban J connectivity index is 1.97. The van der Waals surface area contributed by atoms with Crippen molar-refractivity contribution >= 4 is 39.2 Å². The van der Waals surface area contributed by atoms with E-state index in [2.05, 4.69) is 25.7 Å². The molecule has 1 atom stereocenters. The van der Waals surface area contributed by atoms with Crippen LogP contribution in [0.3, 0.4) is 0 Å². The zero-order valence-electron chi connectivity index (χ0n) is 16.8. The molecule has 2 heterocycles. The van der Waals surface area contributed by atoms with Crippen LogP contribution in [0.15, 0.2) is 59.0 Å². The maximum Gasteiger partial charge on any atom is 0.263 e. The molecular formula is C22H25N3O2S2. The molecule has 1 amide bonds. The van der Waals surface area contributed by atoms with Crippen molar-refractivity contribution in [3.8, 4) is 10.4 Å². The second kappa shape index (κ2) is 9.41. The first-order chi connectivity index (χ1) is 13.9. The summed E-state index contributed by atoms with van der Waals surface area (Å²) in [6, 6.07) is 11.8. The lowest BCUT2D eigenvalue weighted by Gasteiger charge is -2.15. The molecule has 0 bridgehead atoms. The summed E-state index contributed by atoms with van der Waals surface area (Å²) in [5.41, 5.74) is 0.950. The number of allylic oxidation sites excluding steroid dienone is 1. The van der Waals surface area contributed by atoms with E-state index in [4.69, 9.17) is 4.98 Å². The molecule has 0 aliphatic carbocycles. The lowest BCUT2D eigenvalue weighted by atomic mass is 10.2. The van der Waals surface area contributed by atoms with E-state index in [0.717, 1.165) is 10.4 Å². The molecule has 1 unspecified atom stereocenters. The number of hydrogen-bond donors (Lipinski definition) is 1. The highest BCUT2D eigenvalue weighted by molar-refractivity contribution is 8.00. The minimum absolute atomic E-state index is 0.0562. The van der Waals surface area contributed by atoms with Gasteiger partial charge < -0.3 is 5.32 Å². The molecule has 7 heteroatoms. The zero-order chi connectivity index (χ0) is 21.0. The van der Waals surface area contributed by atoms with Crippen molar-refractivity contribution in [2.75, 3.05) is 6.54 Å². The van der Waals surface area contributed by atoms with Crippen LogP contribution in [0.1, 0.15) is 20.8 Å². The number of nitrogens with zero attached hydrogens (tertiary/aromatic N) is 2. The fourth-order valence-corrected chi connectivity index (χ4v) is 4.80. The number of aromatic nitrogens is 2. The van der Waals surface area contributed by atoms with Crippen molar-refractivity contribution < 1.29 is 4.79 Å². The summed E-state index contributed by atoms with van der Waals surface area (Å²) in [4.78, 5) is 31.9. The Labute approximate surface area is 178 Å². The summed E-state index contributed by atoms with van der Waals surface area (Å²) >= 11 is 2.79. The van der Waals surface area contributed by atoms with Crippen molar-refractivity contribution in [1.29, 1.82) is 0 Å². The number of benzene rings is 1. The molecule has 2 aromatic heterocycles. The molecule has 1 N–H and O–H groups in total. The molecule has 5 nitrogen and oxygen atoms in total. The van der Waals surface area contributed by atoms with Crippen LogP contribution in [0, 0.1) is 5.92 Å². The quantitative estimate of drug-likeness (QED) is 0.325. The Morgan fingerprint density at radius 2 is 2.03 bits per heavy atom. The van der Waals surface area contributed by atoms with Crippen LogP contribution in [-0.4, -0.2) is 27.3 Å². The van der Waals surface area contributed by atoms with Crippen LogP contribution in [0.5, 0.6) is 0 Å². The first-order valence-corrected chi connectivity index (χ1v) is 11.3. The average molecular weight is 428 g/mol. The van der Waals surface area contributed by atoms with E-state index < -0.39 is 0 Å². The second-order valence-electron chi connectivity index (χ2n) is 7.19. The fraction of sp³-hybridized carbons (Fsp3) is 0.318. The normalized spacial score (nSPS) is 12.3. The molecule has 3 rings (SSSR count). The summed E-state index contributed by atoms with van der Waals surface area (Å²) in [5.74, 6) is 0.325. The summed E-state index contributed by atoms with van der Waals surface area (Å²) in [7, 11) is 0. The molecule has 0 fully saturated rings.